The number of amides is 1. The van der Waals surface area contributed by atoms with Crippen LogP contribution in [0, 0.1) is 29.6 Å². The SMILES string of the molecule is NCC1CCCC(C(=O)NCC2CC3CCC2C3)C1. The van der Waals surface area contributed by atoms with Gasteiger partial charge in [0.25, 0.3) is 0 Å². The van der Waals surface area contributed by atoms with Gasteiger partial charge < -0.3 is 11.1 Å². The van der Waals surface area contributed by atoms with Gasteiger partial charge in [0, 0.05) is 12.5 Å². The van der Waals surface area contributed by atoms with E-state index in [1.165, 1.54) is 38.5 Å². The highest BCUT2D eigenvalue weighted by atomic mass is 16.1. The van der Waals surface area contributed by atoms with Crippen LogP contribution >= 0.6 is 0 Å². The van der Waals surface area contributed by atoms with E-state index in [-0.39, 0.29) is 5.92 Å². The molecule has 1 amide bonds. The quantitative estimate of drug-likeness (QED) is 0.818. The Balaban J connectivity index is 1.43. The topological polar surface area (TPSA) is 55.1 Å². The van der Waals surface area contributed by atoms with Crippen molar-refractivity contribution >= 4 is 5.91 Å². The van der Waals surface area contributed by atoms with E-state index >= 15 is 0 Å². The molecule has 0 saturated heterocycles. The molecule has 0 radical (unpaired) electrons. The first kappa shape index (κ1) is 13.4. The zero-order chi connectivity index (χ0) is 13.2. The molecule has 3 rings (SSSR count). The van der Waals surface area contributed by atoms with Crippen molar-refractivity contribution in [1.29, 1.82) is 0 Å². The lowest BCUT2D eigenvalue weighted by atomic mass is 9.81. The maximum absolute atomic E-state index is 12.3. The molecule has 3 saturated carbocycles. The number of rotatable bonds is 4. The van der Waals surface area contributed by atoms with Gasteiger partial charge in [-0.3, -0.25) is 4.79 Å². The van der Waals surface area contributed by atoms with Crippen molar-refractivity contribution in [1.82, 2.24) is 5.32 Å². The molecule has 3 aliphatic rings. The maximum Gasteiger partial charge on any atom is 0.223 e. The van der Waals surface area contributed by atoms with Crippen LogP contribution in [0.4, 0.5) is 0 Å². The molecule has 0 aromatic carbocycles. The molecule has 5 atom stereocenters. The smallest absolute Gasteiger partial charge is 0.223 e. The second-order valence-corrected chi connectivity index (χ2v) is 7.15. The number of fused-ring (bicyclic) bond motifs is 2. The van der Waals surface area contributed by atoms with Crippen molar-refractivity contribution in [2.24, 2.45) is 35.3 Å². The first-order valence-electron chi connectivity index (χ1n) is 8.24. The first-order valence-corrected chi connectivity index (χ1v) is 8.24. The summed E-state index contributed by atoms with van der Waals surface area (Å²) in [5.41, 5.74) is 5.75. The van der Waals surface area contributed by atoms with Crippen molar-refractivity contribution in [3.8, 4) is 0 Å². The number of carbonyl (C=O) groups excluding carboxylic acids is 1. The molecule has 108 valence electrons. The summed E-state index contributed by atoms with van der Waals surface area (Å²) in [5, 5.41) is 3.24. The van der Waals surface area contributed by atoms with Gasteiger partial charge in [-0.2, -0.15) is 0 Å². The highest BCUT2D eigenvalue weighted by molar-refractivity contribution is 5.78. The van der Waals surface area contributed by atoms with E-state index in [1.54, 1.807) is 0 Å². The fourth-order valence-electron chi connectivity index (χ4n) is 4.75. The lowest BCUT2D eigenvalue weighted by Gasteiger charge is -2.28. The predicted molar refractivity (Wildman–Crippen MR) is 76.5 cm³/mol. The molecule has 0 aromatic heterocycles. The minimum atomic E-state index is 0.237. The minimum Gasteiger partial charge on any atom is -0.356 e. The van der Waals surface area contributed by atoms with Crippen molar-refractivity contribution < 1.29 is 4.79 Å². The molecule has 0 aromatic rings. The molecule has 19 heavy (non-hydrogen) atoms. The van der Waals surface area contributed by atoms with Gasteiger partial charge in [-0.15, -0.1) is 0 Å². The molecule has 5 unspecified atom stereocenters. The van der Waals surface area contributed by atoms with Crippen LogP contribution in [0.15, 0.2) is 0 Å². The Morgan fingerprint density at radius 2 is 2.00 bits per heavy atom. The molecule has 3 N–H and O–H groups in total. The Kier molecular flexibility index (Phi) is 4.11. The van der Waals surface area contributed by atoms with E-state index in [9.17, 15) is 4.79 Å². The lowest BCUT2D eigenvalue weighted by molar-refractivity contribution is -0.126. The van der Waals surface area contributed by atoms with Gasteiger partial charge in [0.1, 0.15) is 0 Å². The molecule has 0 heterocycles. The maximum atomic E-state index is 12.3. The number of hydrogen-bond donors (Lipinski definition) is 2. The summed E-state index contributed by atoms with van der Waals surface area (Å²) in [6.45, 7) is 1.68. The average Bonchev–Trinajstić information content (AvgIpc) is 3.07. The summed E-state index contributed by atoms with van der Waals surface area (Å²) in [7, 11) is 0. The van der Waals surface area contributed by atoms with Crippen LogP contribution < -0.4 is 11.1 Å². The number of nitrogens with two attached hydrogens (primary N) is 1. The van der Waals surface area contributed by atoms with Crippen LogP contribution in [-0.4, -0.2) is 19.0 Å². The van der Waals surface area contributed by atoms with Crippen LogP contribution in [0.25, 0.3) is 0 Å². The molecule has 0 aliphatic heterocycles. The van der Waals surface area contributed by atoms with Crippen molar-refractivity contribution in [2.45, 2.75) is 51.4 Å². The van der Waals surface area contributed by atoms with Crippen LogP contribution in [0.3, 0.4) is 0 Å². The summed E-state index contributed by atoms with van der Waals surface area (Å²) in [6.07, 6.45) is 10.1. The summed E-state index contributed by atoms with van der Waals surface area (Å²) in [5.74, 6) is 3.78. The van der Waals surface area contributed by atoms with Gasteiger partial charge in [0.2, 0.25) is 5.91 Å². The Bertz CT molecular complexity index is 331. The summed E-state index contributed by atoms with van der Waals surface area (Å²) in [4.78, 5) is 12.3. The van der Waals surface area contributed by atoms with Gasteiger partial charge >= 0.3 is 0 Å². The first-order chi connectivity index (χ1) is 9.26. The van der Waals surface area contributed by atoms with Gasteiger partial charge in [-0.05, 0) is 68.7 Å². The molecule has 3 nitrogen and oxygen atoms in total. The fraction of sp³-hybridized carbons (Fsp3) is 0.938. The Labute approximate surface area is 116 Å². The van der Waals surface area contributed by atoms with E-state index in [4.69, 9.17) is 5.73 Å². The van der Waals surface area contributed by atoms with E-state index in [0.717, 1.165) is 43.7 Å². The molecule has 3 fully saturated rings. The second-order valence-electron chi connectivity index (χ2n) is 7.15. The van der Waals surface area contributed by atoms with Crippen molar-refractivity contribution in [3.63, 3.8) is 0 Å². The molecular formula is C16H28N2O. The third kappa shape index (κ3) is 2.96. The minimum absolute atomic E-state index is 0.237. The van der Waals surface area contributed by atoms with Crippen LogP contribution in [-0.2, 0) is 4.79 Å². The summed E-state index contributed by atoms with van der Waals surface area (Å²) >= 11 is 0. The van der Waals surface area contributed by atoms with Gasteiger partial charge in [-0.25, -0.2) is 0 Å². The molecule has 3 heteroatoms. The average molecular weight is 264 g/mol. The molecular weight excluding hydrogens is 236 g/mol. The van der Waals surface area contributed by atoms with Gasteiger partial charge in [0.05, 0.1) is 0 Å². The Morgan fingerprint density at radius 1 is 1.11 bits per heavy atom. The van der Waals surface area contributed by atoms with E-state index in [2.05, 4.69) is 5.32 Å². The normalized spacial score (nSPS) is 41.4. The number of nitrogens with one attached hydrogen (secondary N) is 1. The highest BCUT2D eigenvalue weighted by Crippen LogP contribution is 2.47. The van der Waals surface area contributed by atoms with Crippen molar-refractivity contribution in [2.75, 3.05) is 13.1 Å². The van der Waals surface area contributed by atoms with Gasteiger partial charge in [-0.1, -0.05) is 12.8 Å². The molecule has 0 spiro atoms. The Hall–Kier alpha value is -0.570. The summed E-state index contributed by atoms with van der Waals surface area (Å²) in [6, 6.07) is 0. The van der Waals surface area contributed by atoms with E-state index in [1.807, 2.05) is 0 Å². The lowest BCUT2D eigenvalue weighted by Crippen LogP contribution is -2.38. The molecule has 3 aliphatic carbocycles. The third-order valence-corrected chi connectivity index (χ3v) is 5.91. The van der Waals surface area contributed by atoms with E-state index < -0.39 is 0 Å². The van der Waals surface area contributed by atoms with E-state index in [0.29, 0.717) is 11.8 Å². The zero-order valence-corrected chi connectivity index (χ0v) is 11.9. The second kappa shape index (κ2) is 5.82. The van der Waals surface area contributed by atoms with Gasteiger partial charge in [0.15, 0.2) is 0 Å². The van der Waals surface area contributed by atoms with Crippen molar-refractivity contribution in [3.05, 3.63) is 0 Å². The fourth-order valence-corrected chi connectivity index (χ4v) is 4.75. The standard InChI is InChI=1S/C16H28N2O/c17-9-12-2-1-3-14(8-12)16(19)18-10-15-7-11-4-5-13(15)6-11/h11-15H,1-10,17H2,(H,18,19). The Morgan fingerprint density at radius 3 is 2.68 bits per heavy atom. The largest absolute Gasteiger partial charge is 0.356 e. The molecule has 2 bridgehead atoms. The highest BCUT2D eigenvalue weighted by Gasteiger charge is 2.39. The summed E-state index contributed by atoms with van der Waals surface area (Å²) < 4.78 is 0. The van der Waals surface area contributed by atoms with Crippen LogP contribution in [0.2, 0.25) is 0 Å². The number of hydrogen-bond acceptors (Lipinski definition) is 2. The van der Waals surface area contributed by atoms with Crippen LogP contribution in [0.5, 0.6) is 0 Å². The third-order valence-electron chi connectivity index (χ3n) is 5.91. The zero-order valence-electron chi connectivity index (χ0n) is 11.9. The van der Waals surface area contributed by atoms with Crippen LogP contribution in [0.1, 0.15) is 51.4 Å². The number of carbonyl (C=O) groups is 1. The predicted octanol–water partition coefficient (Wildman–Crippen LogP) is 2.30. The monoisotopic (exact) mass is 264 g/mol.